The summed E-state index contributed by atoms with van der Waals surface area (Å²) in [6.07, 6.45) is 1.30. The zero-order valence-corrected chi connectivity index (χ0v) is 13.7. The number of rotatable bonds is 6. The predicted octanol–water partition coefficient (Wildman–Crippen LogP) is 2.73. The number of halogens is 1. The Morgan fingerprint density at radius 1 is 1.39 bits per heavy atom. The summed E-state index contributed by atoms with van der Waals surface area (Å²) < 4.78 is 4.85. The molecule has 1 atom stereocenters. The third-order valence-electron chi connectivity index (χ3n) is 3.53. The summed E-state index contributed by atoms with van der Waals surface area (Å²) in [6, 6.07) is 4.51. The molecule has 2 rings (SSSR count). The van der Waals surface area contributed by atoms with Crippen molar-refractivity contribution in [2.45, 2.75) is 39.2 Å². The Morgan fingerprint density at radius 2 is 2.13 bits per heavy atom. The molecule has 0 aliphatic carbocycles. The van der Waals surface area contributed by atoms with E-state index >= 15 is 0 Å². The molecule has 23 heavy (non-hydrogen) atoms. The highest BCUT2D eigenvalue weighted by molar-refractivity contribution is 6.29. The molecule has 3 N–H and O–H groups in total. The van der Waals surface area contributed by atoms with Gasteiger partial charge in [-0.2, -0.15) is 0 Å². The number of phenols is 2. The minimum absolute atomic E-state index is 0.0998. The normalized spacial score (nSPS) is 12.1. The van der Waals surface area contributed by atoms with Gasteiger partial charge in [0.25, 0.3) is 0 Å². The number of nitrogens with zero attached hydrogens (tertiary/aromatic N) is 1. The summed E-state index contributed by atoms with van der Waals surface area (Å²) in [5.74, 6) is -0.429. The van der Waals surface area contributed by atoms with Crippen molar-refractivity contribution in [3.05, 3.63) is 40.2 Å². The second kappa shape index (κ2) is 7.37. The van der Waals surface area contributed by atoms with E-state index in [-0.39, 0.29) is 35.1 Å². The highest BCUT2D eigenvalue weighted by Gasteiger charge is 2.14. The molecule has 2 aromatic rings. The van der Waals surface area contributed by atoms with Crippen LogP contribution in [0.15, 0.2) is 22.7 Å². The zero-order valence-electron chi connectivity index (χ0n) is 13.0. The number of aryl methyl sites for hydroxylation is 1. The number of benzene rings is 1. The van der Waals surface area contributed by atoms with Crippen LogP contribution in [0.1, 0.15) is 30.2 Å². The average molecular weight is 339 g/mol. The summed E-state index contributed by atoms with van der Waals surface area (Å²) in [6.45, 7) is 3.65. The van der Waals surface area contributed by atoms with Gasteiger partial charge in [0.05, 0.1) is 5.69 Å². The van der Waals surface area contributed by atoms with Gasteiger partial charge in [-0.05, 0) is 56.0 Å². The summed E-state index contributed by atoms with van der Waals surface area (Å²) >= 11 is 5.86. The van der Waals surface area contributed by atoms with Crippen molar-refractivity contribution in [1.82, 2.24) is 10.5 Å². The SMILES string of the molecule is Cc1noc(Cl)c1CCC(=O)N[C@H](C)Cc1ccc(O)c(O)c1. The first-order valence-electron chi connectivity index (χ1n) is 7.27. The van der Waals surface area contributed by atoms with Crippen molar-refractivity contribution >= 4 is 17.5 Å². The largest absolute Gasteiger partial charge is 0.504 e. The lowest BCUT2D eigenvalue weighted by molar-refractivity contribution is -0.121. The minimum Gasteiger partial charge on any atom is -0.504 e. The van der Waals surface area contributed by atoms with Crippen molar-refractivity contribution < 1.29 is 19.5 Å². The minimum atomic E-state index is -0.168. The molecule has 6 nitrogen and oxygen atoms in total. The van der Waals surface area contributed by atoms with E-state index in [9.17, 15) is 15.0 Å². The van der Waals surface area contributed by atoms with Crippen molar-refractivity contribution in [3.63, 3.8) is 0 Å². The van der Waals surface area contributed by atoms with Gasteiger partial charge in [-0.1, -0.05) is 11.2 Å². The van der Waals surface area contributed by atoms with E-state index in [2.05, 4.69) is 10.5 Å². The Morgan fingerprint density at radius 3 is 2.74 bits per heavy atom. The van der Waals surface area contributed by atoms with Crippen LogP contribution in [0, 0.1) is 6.92 Å². The first-order chi connectivity index (χ1) is 10.9. The predicted molar refractivity (Wildman–Crippen MR) is 85.7 cm³/mol. The van der Waals surface area contributed by atoms with Gasteiger partial charge in [-0.15, -0.1) is 0 Å². The third-order valence-corrected chi connectivity index (χ3v) is 3.83. The quantitative estimate of drug-likeness (QED) is 0.704. The molecule has 0 saturated heterocycles. The van der Waals surface area contributed by atoms with E-state index in [1.165, 1.54) is 12.1 Å². The van der Waals surface area contributed by atoms with E-state index in [0.29, 0.717) is 18.5 Å². The topological polar surface area (TPSA) is 95.6 Å². The molecular weight excluding hydrogens is 320 g/mol. The first-order valence-corrected chi connectivity index (χ1v) is 7.65. The molecule has 0 saturated carbocycles. The molecular formula is C16H19ClN2O4. The van der Waals surface area contributed by atoms with Gasteiger partial charge in [0.2, 0.25) is 11.1 Å². The Kier molecular flexibility index (Phi) is 5.50. The van der Waals surface area contributed by atoms with E-state index in [4.69, 9.17) is 16.1 Å². The Labute approximate surface area is 139 Å². The van der Waals surface area contributed by atoms with Crippen LogP contribution in [-0.4, -0.2) is 27.3 Å². The van der Waals surface area contributed by atoms with Crippen LogP contribution < -0.4 is 5.32 Å². The van der Waals surface area contributed by atoms with Gasteiger partial charge in [0, 0.05) is 18.0 Å². The standard InChI is InChI=1S/C16H19ClN2O4/c1-9(7-11-3-5-13(20)14(21)8-11)18-15(22)6-4-12-10(2)19-23-16(12)17/h3,5,8-9,20-21H,4,6-7H2,1-2H3,(H,18,22)/t9-/m1/s1. The summed E-state index contributed by atoms with van der Waals surface area (Å²) in [5, 5.41) is 25.6. The molecule has 1 aromatic carbocycles. The van der Waals surface area contributed by atoms with Crippen LogP contribution in [0.2, 0.25) is 5.22 Å². The van der Waals surface area contributed by atoms with Crippen LogP contribution in [0.25, 0.3) is 0 Å². The molecule has 0 aliphatic rings. The molecule has 0 spiro atoms. The monoisotopic (exact) mass is 338 g/mol. The van der Waals surface area contributed by atoms with Crippen LogP contribution >= 0.6 is 11.6 Å². The van der Waals surface area contributed by atoms with Crippen molar-refractivity contribution in [2.75, 3.05) is 0 Å². The number of hydrogen-bond donors (Lipinski definition) is 3. The molecule has 1 amide bonds. The molecule has 0 bridgehead atoms. The van der Waals surface area contributed by atoms with E-state index in [1.807, 2.05) is 6.92 Å². The highest BCUT2D eigenvalue weighted by atomic mass is 35.5. The number of carbonyl (C=O) groups is 1. The Hall–Kier alpha value is -2.21. The smallest absolute Gasteiger partial charge is 0.229 e. The van der Waals surface area contributed by atoms with Gasteiger partial charge in [0.1, 0.15) is 0 Å². The molecule has 0 aliphatic heterocycles. The van der Waals surface area contributed by atoms with Crippen LogP contribution in [0.4, 0.5) is 0 Å². The van der Waals surface area contributed by atoms with E-state index in [1.54, 1.807) is 13.0 Å². The second-order valence-electron chi connectivity index (χ2n) is 5.52. The Balaban J connectivity index is 1.83. The van der Waals surface area contributed by atoms with Crippen molar-refractivity contribution in [2.24, 2.45) is 0 Å². The van der Waals surface area contributed by atoms with Crippen LogP contribution in [-0.2, 0) is 17.6 Å². The summed E-state index contributed by atoms with van der Waals surface area (Å²) in [4.78, 5) is 12.0. The summed E-state index contributed by atoms with van der Waals surface area (Å²) in [5.41, 5.74) is 2.26. The van der Waals surface area contributed by atoms with Gasteiger partial charge < -0.3 is 20.1 Å². The lowest BCUT2D eigenvalue weighted by Gasteiger charge is -2.14. The molecule has 0 radical (unpaired) electrons. The van der Waals surface area contributed by atoms with Gasteiger partial charge in [-0.25, -0.2) is 0 Å². The van der Waals surface area contributed by atoms with Crippen molar-refractivity contribution in [3.8, 4) is 11.5 Å². The lowest BCUT2D eigenvalue weighted by atomic mass is 10.1. The van der Waals surface area contributed by atoms with Crippen molar-refractivity contribution in [1.29, 1.82) is 0 Å². The van der Waals surface area contributed by atoms with Gasteiger partial charge in [0.15, 0.2) is 11.5 Å². The maximum atomic E-state index is 12.0. The fourth-order valence-electron chi connectivity index (χ4n) is 2.33. The van der Waals surface area contributed by atoms with Crippen LogP contribution in [0.5, 0.6) is 11.5 Å². The molecule has 1 aromatic heterocycles. The maximum absolute atomic E-state index is 12.0. The number of aromatic nitrogens is 1. The number of hydrogen-bond acceptors (Lipinski definition) is 5. The van der Waals surface area contributed by atoms with E-state index in [0.717, 1.165) is 11.1 Å². The number of nitrogens with one attached hydrogen (secondary N) is 1. The highest BCUT2D eigenvalue weighted by Crippen LogP contribution is 2.25. The van der Waals surface area contributed by atoms with Gasteiger partial charge >= 0.3 is 0 Å². The number of phenolic OH excluding ortho intramolecular Hbond substituents is 2. The summed E-state index contributed by atoms with van der Waals surface area (Å²) in [7, 11) is 0. The number of amides is 1. The van der Waals surface area contributed by atoms with Gasteiger partial charge in [-0.3, -0.25) is 4.79 Å². The molecule has 0 unspecified atom stereocenters. The maximum Gasteiger partial charge on any atom is 0.229 e. The Bertz CT molecular complexity index is 680. The fourth-order valence-corrected chi connectivity index (χ4v) is 2.59. The molecule has 124 valence electrons. The zero-order chi connectivity index (χ0) is 17.0. The third kappa shape index (κ3) is 4.63. The lowest BCUT2D eigenvalue weighted by Crippen LogP contribution is -2.34. The molecule has 0 fully saturated rings. The average Bonchev–Trinajstić information content (AvgIpc) is 2.79. The van der Waals surface area contributed by atoms with Crippen LogP contribution in [0.3, 0.4) is 0 Å². The van der Waals surface area contributed by atoms with E-state index < -0.39 is 0 Å². The molecule has 1 heterocycles. The molecule has 7 heteroatoms. The second-order valence-corrected chi connectivity index (χ2v) is 5.86. The number of aromatic hydroxyl groups is 2. The fraction of sp³-hybridized carbons (Fsp3) is 0.375. The number of carbonyl (C=O) groups excluding carboxylic acids is 1. The first kappa shape index (κ1) is 17.1.